The number of piperidine rings is 1. The van der Waals surface area contributed by atoms with Gasteiger partial charge < -0.3 is 14.6 Å². The molecule has 1 fully saturated rings. The zero-order valence-electron chi connectivity index (χ0n) is 14.3. The standard InChI is InChI=1S/C20H24N2O2/c1-3-14-8-13-4-7-19(14)22(12-13)20(23)9-15-11-21-18-10-16(24-2)5-6-17(15)18/h4-7,10-11,13-14,19,21H,3,8-9,12H2,1-2H3. The minimum atomic E-state index is 0.240. The number of ether oxygens (including phenoxy) is 1. The van der Waals surface area contributed by atoms with Gasteiger partial charge in [0.25, 0.3) is 0 Å². The molecule has 3 aliphatic rings. The van der Waals surface area contributed by atoms with Gasteiger partial charge >= 0.3 is 0 Å². The molecule has 1 aromatic carbocycles. The molecule has 2 bridgehead atoms. The van der Waals surface area contributed by atoms with E-state index < -0.39 is 0 Å². The van der Waals surface area contributed by atoms with Crippen molar-refractivity contribution in [1.29, 1.82) is 0 Å². The summed E-state index contributed by atoms with van der Waals surface area (Å²) >= 11 is 0. The summed E-state index contributed by atoms with van der Waals surface area (Å²) in [6, 6.07) is 6.24. The summed E-state index contributed by atoms with van der Waals surface area (Å²) in [5, 5.41) is 1.11. The van der Waals surface area contributed by atoms with Crippen molar-refractivity contribution in [3.63, 3.8) is 0 Å². The second-order valence-corrected chi connectivity index (χ2v) is 6.99. The Hall–Kier alpha value is -2.23. The van der Waals surface area contributed by atoms with Gasteiger partial charge in [0.05, 0.1) is 19.6 Å². The third-order valence-corrected chi connectivity index (χ3v) is 5.62. The average Bonchev–Trinajstić information content (AvgIpc) is 3.03. The number of aromatic amines is 1. The topological polar surface area (TPSA) is 45.3 Å². The second kappa shape index (κ2) is 6.00. The Kier molecular flexibility index (Phi) is 3.83. The lowest BCUT2D eigenvalue weighted by Gasteiger charge is -2.46. The van der Waals surface area contributed by atoms with Gasteiger partial charge in [-0.1, -0.05) is 25.5 Å². The van der Waals surface area contributed by atoms with Crippen LogP contribution in [0.1, 0.15) is 25.3 Å². The molecule has 24 heavy (non-hydrogen) atoms. The van der Waals surface area contributed by atoms with E-state index in [0.29, 0.717) is 18.3 Å². The smallest absolute Gasteiger partial charge is 0.227 e. The van der Waals surface area contributed by atoms with Crippen LogP contribution in [0, 0.1) is 11.8 Å². The SMILES string of the molecule is CCC1CC2C=CC1N(C(=O)Cc1c[nH]c3cc(OC)ccc13)C2. The van der Waals surface area contributed by atoms with Crippen LogP contribution in [0.2, 0.25) is 0 Å². The number of amides is 1. The van der Waals surface area contributed by atoms with Gasteiger partial charge in [-0.25, -0.2) is 0 Å². The molecule has 126 valence electrons. The number of hydrogen-bond acceptors (Lipinski definition) is 2. The first kappa shape index (κ1) is 15.3. The number of fused-ring (bicyclic) bond motifs is 3. The van der Waals surface area contributed by atoms with Crippen LogP contribution < -0.4 is 4.74 Å². The Balaban J connectivity index is 1.55. The highest BCUT2D eigenvalue weighted by atomic mass is 16.5. The molecule has 1 aromatic heterocycles. The number of methoxy groups -OCH3 is 1. The minimum Gasteiger partial charge on any atom is -0.497 e. The maximum Gasteiger partial charge on any atom is 0.227 e. The lowest BCUT2D eigenvalue weighted by molar-refractivity contribution is -0.135. The second-order valence-electron chi connectivity index (χ2n) is 6.99. The number of hydrogen-bond donors (Lipinski definition) is 1. The van der Waals surface area contributed by atoms with Crippen molar-refractivity contribution >= 4 is 16.8 Å². The molecule has 2 aliphatic heterocycles. The average molecular weight is 324 g/mol. The minimum absolute atomic E-state index is 0.240. The van der Waals surface area contributed by atoms with Crippen LogP contribution in [-0.2, 0) is 11.2 Å². The number of nitrogens with zero attached hydrogens (tertiary/aromatic N) is 1. The van der Waals surface area contributed by atoms with Gasteiger partial charge in [0.15, 0.2) is 0 Å². The van der Waals surface area contributed by atoms with E-state index in [-0.39, 0.29) is 11.9 Å². The maximum atomic E-state index is 12.9. The molecule has 5 rings (SSSR count). The van der Waals surface area contributed by atoms with Crippen molar-refractivity contribution in [2.75, 3.05) is 13.7 Å². The third-order valence-electron chi connectivity index (χ3n) is 5.62. The molecule has 2 aromatic rings. The Morgan fingerprint density at radius 3 is 3.00 bits per heavy atom. The van der Waals surface area contributed by atoms with Crippen LogP contribution in [-0.4, -0.2) is 35.5 Å². The normalized spacial score (nSPS) is 25.4. The molecule has 1 saturated heterocycles. The number of aromatic nitrogens is 1. The van der Waals surface area contributed by atoms with Gasteiger partial charge in [0.2, 0.25) is 5.91 Å². The van der Waals surface area contributed by atoms with Gasteiger partial charge in [0.1, 0.15) is 5.75 Å². The van der Waals surface area contributed by atoms with Gasteiger partial charge in [0, 0.05) is 29.7 Å². The van der Waals surface area contributed by atoms with Crippen molar-refractivity contribution in [3.8, 4) is 5.75 Å². The van der Waals surface area contributed by atoms with Gasteiger partial charge in [-0.15, -0.1) is 0 Å². The fourth-order valence-electron chi connectivity index (χ4n) is 4.28. The number of carbonyl (C=O) groups excluding carboxylic acids is 1. The van der Waals surface area contributed by atoms with E-state index in [2.05, 4.69) is 29.0 Å². The molecule has 0 radical (unpaired) electrons. The summed E-state index contributed by atoms with van der Waals surface area (Å²) < 4.78 is 5.26. The first-order chi connectivity index (χ1) is 11.7. The van der Waals surface area contributed by atoms with E-state index >= 15 is 0 Å². The summed E-state index contributed by atoms with van der Waals surface area (Å²) in [6.45, 7) is 3.11. The number of nitrogens with one attached hydrogen (secondary N) is 1. The molecule has 1 N–H and O–H groups in total. The van der Waals surface area contributed by atoms with Gasteiger partial charge in [-0.3, -0.25) is 4.79 Å². The Morgan fingerprint density at radius 1 is 1.38 bits per heavy atom. The van der Waals surface area contributed by atoms with Crippen molar-refractivity contribution < 1.29 is 9.53 Å². The van der Waals surface area contributed by atoms with Crippen molar-refractivity contribution in [3.05, 3.63) is 42.1 Å². The van der Waals surface area contributed by atoms with Crippen LogP contribution in [0.3, 0.4) is 0 Å². The summed E-state index contributed by atoms with van der Waals surface area (Å²) in [7, 11) is 1.66. The number of carbonyl (C=O) groups is 1. The van der Waals surface area contributed by atoms with Crippen LogP contribution in [0.15, 0.2) is 36.5 Å². The number of rotatable bonds is 4. The van der Waals surface area contributed by atoms with Crippen molar-refractivity contribution in [1.82, 2.24) is 9.88 Å². The first-order valence-corrected chi connectivity index (χ1v) is 8.81. The van der Waals surface area contributed by atoms with Crippen molar-refractivity contribution in [2.45, 2.75) is 32.2 Å². The van der Waals surface area contributed by atoms with E-state index in [9.17, 15) is 4.79 Å². The largest absolute Gasteiger partial charge is 0.497 e. The number of H-pyrrole nitrogens is 1. The molecule has 1 aliphatic carbocycles. The Labute approximate surface area is 142 Å². The molecule has 0 saturated carbocycles. The van der Waals surface area contributed by atoms with E-state index in [0.717, 1.165) is 35.2 Å². The van der Waals surface area contributed by atoms with Crippen LogP contribution >= 0.6 is 0 Å². The fraction of sp³-hybridized carbons (Fsp3) is 0.450. The van der Waals surface area contributed by atoms with E-state index in [1.54, 1.807) is 7.11 Å². The maximum absolute atomic E-state index is 12.9. The predicted molar refractivity (Wildman–Crippen MR) is 95.1 cm³/mol. The quantitative estimate of drug-likeness (QED) is 0.875. The highest BCUT2D eigenvalue weighted by Gasteiger charge is 2.38. The molecule has 3 atom stereocenters. The van der Waals surface area contributed by atoms with Gasteiger partial charge in [-0.2, -0.15) is 0 Å². The molecule has 3 unspecified atom stereocenters. The van der Waals surface area contributed by atoms with Crippen LogP contribution in [0.25, 0.3) is 10.9 Å². The van der Waals surface area contributed by atoms with E-state index in [1.807, 2.05) is 24.4 Å². The lowest BCUT2D eigenvalue weighted by atomic mass is 9.76. The van der Waals surface area contributed by atoms with Crippen LogP contribution in [0.5, 0.6) is 5.75 Å². The first-order valence-electron chi connectivity index (χ1n) is 8.81. The predicted octanol–water partition coefficient (Wildman–Crippen LogP) is 3.53. The monoisotopic (exact) mass is 324 g/mol. The third kappa shape index (κ3) is 2.50. The Bertz CT molecular complexity index is 792. The lowest BCUT2D eigenvalue weighted by Crippen LogP contribution is -2.53. The van der Waals surface area contributed by atoms with E-state index in [1.165, 1.54) is 6.42 Å². The fourth-order valence-corrected chi connectivity index (χ4v) is 4.28. The highest BCUT2D eigenvalue weighted by molar-refractivity contribution is 5.90. The van der Waals surface area contributed by atoms with Gasteiger partial charge in [-0.05, 0) is 36.0 Å². The molecule has 1 amide bonds. The molecule has 4 heteroatoms. The molecule has 4 nitrogen and oxygen atoms in total. The summed E-state index contributed by atoms with van der Waals surface area (Å²) in [5.74, 6) is 2.22. The summed E-state index contributed by atoms with van der Waals surface area (Å²) in [6.07, 6.45) is 9.34. The molecular weight excluding hydrogens is 300 g/mol. The molecule has 0 spiro atoms. The van der Waals surface area contributed by atoms with Crippen molar-refractivity contribution in [2.24, 2.45) is 11.8 Å². The zero-order chi connectivity index (χ0) is 16.7. The molecular formula is C20H24N2O2. The molecule has 3 heterocycles. The zero-order valence-corrected chi connectivity index (χ0v) is 14.3. The summed E-state index contributed by atoms with van der Waals surface area (Å²) in [5.41, 5.74) is 2.08. The highest BCUT2D eigenvalue weighted by Crippen LogP contribution is 2.36. The van der Waals surface area contributed by atoms with E-state index in [4.69, 9.17) is 4.74 Å². The number of benzene rings is 1. The van der Waals surface area contributed by atoms with Crippen LogP contribution in [0.4, 0.5) is 0 Å². The summed E-state index contributed by atoms with van der Waals surface area (Å²) in [4.78, 5) is 18.3. The Morgan fingerprint density at radius 2 is 2.25 bits per heavy atom.